The van der Waals surface area contributed by atoms with Crippen LogP contribution in [-0.2, 0) is 23.0 Å². The minimum absolute atomic E-state index is 0.327. The summed E-state index contributed by atoms with van der Waals surface area (Å²) < 4.78 is 28.3. The Hall–Kier alpha value is -2.23. The summed E-state index contributed by atoms with van der Waals surface area (Å²) in [5.41, 5.74) is 3.03. The van der Waals surface area contributed by atoms with E-state index in [9.17, 15) is 8.42 Å². The van der Waals surface area contributed by atoms with Crippen LogP contribution >= 0.6 is 0 Å². The lowest BCUT2D eigenvalue weighted by molar-refractivity contribution is 0.310. The molecule has 2 saturated heterocycles. The van der Waals surface area contributed by atoms with Crippen LogP contribution in [0.3, 0.4) is 0 Å². The Morgan fingerprint density at radius 3 is 2.22 bits per heavy atom. The number of piperazine rings is 1. The zero-order valence-electron chi connectivity index (χ0n) is 19.0. The monoisotopic (exact) mass is 456 g/mol. The zero-order chi connectivity index (χ0) is 22.3. The van der Waals surface area contributed by atoms with E-state index in [0.717, 1.165) is 67.9 Å². The van der Waals surface area contributed by atoms with Crippen LogP contribution in [0.4, 0.5) is 11.8 Å². The quantitative estimate of drug-likeness (QED) is 0.696. The smallest absolute Gasteiger partial charge is 0.243 e. The number of aromatic nitrogens is 2. The van der Waals surface area contributed by atoms with Gasteiger partial charge in [-0.05, 0) is 38.9 Å². The molecule has 8 nitrogen and oxygen atoms in total. The van der Waals surface area contributed by atoms with Crippen LogP contribution in [0.1, 0.15) is 29.7 Å². The molecule has 1 aromatic heterocycles. The van der Waals surface area contributed by atoms with E-state index in [1.165, 1.54) is 12.8 Å². The van der Waals surface area contributed by atoms with E-state index in [2.05, 4.69) is 21.7 Å². The predicted octanol–water partition coefficient (Wildman–Crippen LogP) is 1.88. The Morgan fingerprint density at radius 2 is 1.53 bits per heavy atom. The molecule has 0 bridgehead atoms. The fourth-order valence-electron chi connectivity index (χ4n) is 4.76. The van der Waals surface area contributed by atoms with Gasteiger partial charge in [0.25, 0.3) is 0 Å². The van der Waals surface area contributed by atoms with Crippen molar-refractivity contribution in [1.82, 2.24) is 19.2 Å². The molecule has 0 spiro atoms. The maximum Gasteiger partial charge on any atom is 0.243 e. The number of anilines is 2. The summed E-state index contributed by atoms with van der Waals surface area (Å²) in [4.78, 5) is 17.2. The molecule has 4 heterocycles. The molecule has 0 amide bonds. The van der Waals surface area contributed by atoms with Gasteiger partial charge < -0.3 is 14.7 Å². The first kappa shape index (κ1) is 21.6. The van der Waals surface area contributed by atoms with Crippen LogP contribution < -0.4 is 9.80 Å². The summed E-state index contributed by atoms with van der Waals surface area (Å²) >= 11 is 0. The predicted molar refractivity (Wildman–Crippen MR) is 126 cm³/mol. The molecule has 0 radical (unpaired) electrons. The third-order valence-corrected chi connectivity index (χ3v) is 8.70. The Balaban J connectivity index is 1.50. The Kier molecular flexibility index (Phi) is 5.81. The molecule has 1 aromatic carbocycles. The Bertz CT molecular complexity index is 1070. The van der Waals surface area contributed by atoms with Gasteiger partial charge in [0.2, 0.25) is 16.0 Å². The van der Waals surface area contributed by atoms with Crippen molar-refractivity contribution in [3.63, 3.8) is 0 Å². The van der Waals surface area contributed by atoms with E-state index in [-0.39, 0.29) is 0 Å². The number of aryl methyl sites for hydroxylation is 1. The Morgan fingerprint density at radius 1 is 0.844 bits per heavy atom. The summed E-state index contributed by atoms with van der Waals surface area (Å²) in [6, 6.07) is 7.11. The lowest BCUT2D eigenvalue weighted by Gasteiger charge is -2.37. The van der Waals surface area contributed by atoms with Gasteiger partial charge >= 0.3 is 0 Å². The summed E-state index contributed by atoms with van der Waals surface area (Å²) in [5, 5.41) is 0. The van der Waals surface area contributed by atoms with Gasteiger partial charge in [0.1, 0.15) is 5.82 Å². The maximum absolute atomic E-state index is 13.4. The van der Waals surface area contributed by atoms with Gasteiger partial charge in [-0.1, -0.05) is 17.7 Å². The number of likely N-dealkylation sites (N-methyl/N-ethyl adjacent to an activating group) is 1. The average Bonchev–Trinajstić information content (AvgIpc) is 3.34. The van der Waals surface area contributed by atoms with Crippen LogP contribution in [-0.4, -0.2) is 80.5 Å². The zero-order valence-corrected chi connectivity index (χ0v) is 19.8. The highest BCUT2D eigenvalue weighted by Crippen LogP contribution is 2.32. The van der Waals surface area contributed by atoms with Crippen LogP contribution in [0.5, 0.6) is 0 Å². The first-order chi connectivity index (χ1) is 15.4. The lowest BCUT2D eigenvalue weighted by Crippen LogP contribution is -2.46. The molecule has 3 aliphatic heterocycles. The molecule has 0 N–H and O–H groups in total. The van der Waals surface area contributed by atoms with Gasteiger partial charge in [0.05, 0.1) is 10.6 Å². The first-order valence-corrected chi connectivity index (χ1v) is 13.0. The summed E-state index contributed by atoms with van der Waals surface area (Å²) in [7, 11) is -1.43. The number of hydrogen-bond acceptors (Lipinski definition) is 7. The van der Waals surface area contributed by atoms with E-state index in [0.29, 0.717) is 24.4 Å². The fourth-order valence-corrected chi connectivity index (χ4v) is 6.17. The summed E-state index contributed by atoms with van der Waals surface area (Å²) in [6.45, 7) is 8.46. The summed E-state index contributed by atoms with van der Waals surface area (Å²) in [5.74, 6) is 1.74. The standard InChI is InChI=1S/C23H32N6O2S/c1-18-5-7-19(8-6-18)32(30,31)29-12-9-21-20(17-29)22(27-15-13-26(2)14-16-27)25-23(24-21)28-10-3-4-11-28/h5-8H,3-4,9-17H2,1-2H3. The molecule has 0 aliphatic carbocycles. The van der Waals surface area contributed by atoms with Gasteiger partial charge in [-0.2, -0.15) is 9.29 Å². The Labute approximate surface area is 190 Å². The van der Waals surface area contributed by atoms with Gasteiger partial charge in [0.15, 0.2) is 0 Å². The molecule has 3 aliphatic rings. The fraction of sp³-hybridized carbons (Fsp3) is 0.565. The number of fused-ring (bicyclic) bond motifs is 1. The van der Waals surface area contributed by atoms with Crippen LogP contribution in [0.15, 0.2) is 29.2 Å². The molecule has 5 rings (SSSR count). The van der Waals surface area contributed by atoms with Crippen molar-refractivity contribution >= 4 is 21.8 Å². The third kappa shape index (κ3) is 4.09. The van der Waals surface area contributed by atoms with E-state index in [1.54, 1.807) is 16.4 Å². The van der Waals surface area contributed by atoms with Gasteiger partial charge in [-0.25, -0.2) is 13.4 Å². The number of nitrogens with zero attached hydrogens (tertiary/aromatic N) is 6. The van der Waals surface area contributed by atoms with Crippen molar-refractivity contribution in [2.45, 2.75) is 37.6 Å². The van der Waals surface area contributed by atoms with E-state index >= 15 is 0 Å². The first-order valence-electron chi connectivity index (χ1n) is 11.6. The molecular formula is C23H32N6O2S. The van der Waals surface area contributed by atoms with Crippen molar-refractivity contribution in [3.05, 3.63) is 41.1 Å². The van der Waals surface area contributed by atoms with Gasteiger partial charge in [0, 0.05) is 64.3 Å². The van der Waals surface area contributed by atoms with Crippen LogP contribution in [0, 0.1) is 6.92 Å². The van der Waals surface area contributed by atoms with Crippen molar-refractivity contribution in [2.24, 2.45) is 0 Å². The highest BCUT2D eigenvalue weighted by molar-refractivity contribution is 7.89. The molecule has 0 unspecified atom stereocenters. The second kappa shape index (κ2) is 8.61. The third-order valence-electron chi connectivity index (χ3n) is 6.84. The van der Waals surface area contributed by atoms with Gasteiger partial charge in [-0.15, -0.1) is 0 Å². The molecule has 2 aromatic rings. The van der Waals surface area contributed by atoms with E-state index in [1.807, 2.05) is 19.1 Å². The van der Waals surface area contributed by atoms with Crippen LogP contribution in [0.25, 0.3) is 0 Å². The van der Waals surface area contributed by atoms with Crippen LogP contribution in [0.2, 0.25) is 0 Å². The number of rotatable bonds is 4. The summed E-state index contributed by atoms with van der Waals surface area (Å²) in [6.07, 6.45) is 2.96. The molecule has 0 atom stereocenters. The number of hydrogen-bond donors (Lipinski definition) is 0. The molecular weight excluding hydrogens is 424 g/mol. The highest BCUT2D eigenvalue weighted by Gasteiger charge is 2.33. The molecule has 9 heteroatoms. The second-order valence-corrected chi connectivity index (χ2v) is 11.1. The molecule has 2 fully saturated rings. The topological polar surface area (TPSA) is 72.9 Å². The minimum Gasteiger partial charge on any atom is -0.354 e. The molecule has 0 saturated carbocycles. The average molecular weight is 457 g/mol. The van der Waals surface area contributed by atoms with Crippen molar-refractivity contribution in [1.29, 1.82) is 0 Å². The normalized spacial score (nSPS) is 20.6. The van der Waals surface area contributed by atoms with Crippen molar-refractivity contribution < 1.29 is 8.42 Å². The molecule has 32 heavy (non-hydrogen) atoms. The second-order valence-electron chi connectivity index (χ2n) is 9.16. The number of benzene rings is 1. The van der Waals surface area contributed by atoms with Gasteiger partial charge in [-0.3, -0.25) is 0 Å². The maximum atomic E-state index is 13.4. The minimum atomic E-state index is -3.56. The van der Waals surface area contributed by atoms with E-state index < -0.39 is 10.0 Å². The lowest BCUT2D eigenvalue weighted by atomic mass is 10.1. The SMILES string of the molecule is Cc1ccc(S(=O)(=O)N2CCc3nc(N4CCCC4)nc(N4CCN(C)CC4)c3C2)cc1. The molecule has 172 valence electrons. The highest BCUT2D eigenvalue weighted by atomic mass is 32.2. The van der Waals surface area contributed by atoms with Crippen molar-refractivity contribution in [3.8, 4) is 0 Å². The van der Waals surface area contributed by atoms with Crippen molar-refractivity contribution in [2.75, 3.05) is 62.7 Å². The van der Waals surface area contributed by atoms with E-state index in [4.69, 9.17) is 9.97 Å². The largest absolute Gasteiger partial charge is 0.354 e. The number of sulfonamides is 1.